The van der Waals surface area contributed by atoms with E-state index in [-0.39, 0.29) is 41.8 Å². The Balaban J connectivity index is 0.000000161. The standard InChI is InChI=1S/C20H16O2.C18H15N7O2S/c1-11-9-17-13(12(2)20(11)22)7-8-15-14-5-3-4-6-16(14)19(21)10-18(15)17;1-11(26)22-13-4-2-12(3-5-13)14-8-28-18(23-14)24-16(27)7-25-10-21-17-15(25)6-19-9-20-17/h3-12H,1-2H3;2-6,8-10H,7H2,1H3,(H,22,26)(H,23,24,27). The van der Waals surface area contributed by atoms with Gasteiger partial charge in [-0.15, -0.1) is 11.3 Å². The molecule has 0 spiro atoms. The Bertz CT molecular complexity index is 2450. The molecule has 0 saturated heterocycles. The third-order valence-corrected chi connectivity index (χ3v) is 9.46. The van der Waals surface area contributed by atoms with Gasteiger partial charge in [0.05, 0.1) is 18.2 Å². The Morgan fingerprint density at radius 1 is 0.900 bits per heavy atom. The van der Waals surface area contributed by atoms with Gasteiger partial charge in [0.15, 0.2) is 16.6 Å². The summed E-state index contributed by atoms with van der Waals surface area (Å²) in [6.07, 6.45) is 8.33. The minimum atomic E-state index is -0.218. The monoisotopic (exact) mass is 681 g/mol. The summed E-state index contributed by atoms with van der Waals surface area (Å²) in [5.41, 5.74) is 7.45. The molecule has 3 aromatic carbocycles. The number of nitrogens with zero attached hydrogens (tertiary/aromatic N) is 5. The minimum absolute atomic E-state index is 0.0436. The molecule has 3 aromatic heterocycles. The number of benzene rings is 3. The van der Waals surface area contributed by atoms with Crippen molar-refractivity contribution in [3.8, 4) is 22.4 Å². The molecule has 50 heavy (non-hydrogen) atoms. The second-order valence-corrected chi connectivity index (χ2v) is 13.0. The van der Waals surface area contributed by atoms with Crippen LogP contribution in [0.4, 0.5) is 10.8 Å². The van der Waals surface area contributed by atoms with Crippen LogP contribution in [0.2, 0.25) is 0 Å². The second-order valence-electron chi connectivity index (χ2n) is 12.1. The summed E-state index contributed by atoms with van der Waals surface area (Å²) < 4.78 is 1.68. The third-order valence-electron chi connectivity index (χ3n) is 8.70. The number of thiazole rings is 1. The number of nitrogens with one attached hydrogen (secondary N) is 2. The van der Waals surface area contributed by atoms with Gasteiger partial charge in [0.2, 0.25) is 11.8 Å². The highest BCUT2D eigenvalue weighted by Gasteiger charge is 2.27. The van der Waals surface area contributed by atoms with Crippen LogP contribution in [0.1, 0.15) is 42.6 Å². The van der Waals surface area contributed by atoms with Gasteiger partial charge in [-0.1, -0.05) is 68.5 Å². The lowest BCUT2D eigenvalue weighted by Gasteiger charge is -2.23. The summed E-state index contributed by atoms with van der Waals surface area (Å²) in [7, 11) is 0. The molecule has 2 aliphatic rings. The van der Waals surface area contributed by atoms with Gasteiger partial charge in [-0.2, -0.15) is 0 Å². The van der Waals surface area contributed by atoms with E-state index in [4.69, 9.17) is 0 Å². The van der Waals surface area contributed by atoms with Crippen LogP contribution in [0.3, 0.4) is 0 Å². The summed E-state index contributed by atoms with van der Waals surface area (Å²) >= 11 is 1.34. The molecule has 2 atom stereocenters. The molecule has 8 rings (SSSR count). The summed E-state index contributed by atoms with van der Waals surface area (Å²) in [5, 5.41) is 9.90. The van der Waals surface area contributed by atoms with Crippen molar-refractivity contribution in [2.24, 2.45) is 5.92 Å². The number of hydrogen-bond acceptors (Lipinski definition) is 9. The zero-order chi connectivity index (χ0) is 34.9. The molecular weight excluding hydrogens is 651 g/mol. The molecule has 12 heteroatoms. The number of Topliss-reactive ketones (excluding diaryl/α,β-unsaturated/α-hetero) is 2. The molecule has 2 amide bonds. The minimum Gasteiger partial charge on any atom is -0.326 e. The Kier molecular flexibility index (Phi) is 8.69. The molecule has 11 nitrogen and oxygen atoms in total. The first-order valence-electron chi connectivity index (χ1n) is 15.9. The fourth-order valence-electron chi connectivity index (χ4n) is 6.26. The van der Waals surface area contributed by atoms with Crippen molar-refractivity contribution in [2.45, 2.75) is 33.2 Å². The van der Waals surface area contributed by atoms with Gasteiger partial charge in [-0.05, 0) is 45.3 Å². The summed E-state index contributed by atoms with van der Waals surface area (Å²) in [6.45, 7) is 5.43. The van der Waals surface area contributed by atoms with Gasteiger partial charge in [-0.3, -0.25) is 19.2 Å². The van der Waals surface area contributed by atoms with E-state index in [1.165, 1.54) is 24.6 Å². The maximum absolute atomic E-state index is 12.4. The molecular formula is C38H31N7O4S. The predicted molar refractivity (Wildman–Crippen MR) is 193 cm³/mol. The smallest absolute Gasteiger partial charge is 0.246 e. The first kappa shape index (κ1) is 32.4. The lowest BCUT2D eigenvalue weighted by atomic mass is 9.79. The lowest BCUT2D eigenvalue weighted by molar-refractivity contribution is -0.122. The lowest BCUT2D eigenvalue weighted by Crippen LogP contribution is -2.40. The number of hydrogen-bond donors (Lipinski definition) is 2. The van der Waals surface area contributed by atoms with Crippen molar-refractivity contribution in [1.82, 2.24) is 24.5 Å². The molecule has 2 N–H and O–H groups in total. The molecule has 248 valence electrons. The van der Waals surface area contributed by atoms with Gasteiger partial charge in [0.25, 0.3) is 0 Å². The molecule has 2 aliphatic carbocycles. The van der Waals surface area contributed by atoms with Gasteiger partial charge in [0.1, 0.15) is 24.2 Å². The van der Waals surface area contributed by atoms with Crippen LogP contribution in [0.25, 0.3) is 45.7 Å². The van der Waals surface area contributed by atoms with Crippen LogP contribution in [0.5, 0.6) is 0 Å². The number of ketones is 2. The van der Waals surface area contributed by atoms with E-state index in [0.717, 1.165) is 49.6 Å². The van der Waals surface area contributed by atoms with Gasteiger partial charge in [-0.25, -0.2) is 19.9 Å². The Morgan fingerprint density at radius 3 is 2.46 bits per heavy atom. The molecule has 0 aliphatic heterocycles. The third kappa shape index (κ3) is 6.36. The van der Waals surface area contributed by atoms with Crippen LogP contribution in [-0.4, -0.2) is 47.9 Å². The number of rotatable bonds is 5. The average Bonchev–Trinajstić information content (AvgIpc) is 3.75. The maximum Gasteiger partial charge on any atom is 0.246 e. The summed E-state index contributed by atoms with van der Waals surface area (Å²) in [5.74, 6) is -0.263. The Morgan fingerprint density at radius 2 is 1.68 bits per heavy atom. The number of fused-ring (bicyclic) bond motifs is 6. The first-order chi connectivity index (χ1) is 24.2. The number of carbonyl (C=O) groups excluding carboxylic acids is 4. The zero-order valence-electron chi connectivity index (χ0n) is 27.4. The number of carbonyl (C=O) groups is 4. The van der Waals surface area contributed by atoms with Gasteiger partial charge in [0, 0.05) is 41.0 Å². The Hall–Kier alpha value is -6.14. The van der Waals surface area contributed by atoms with Crippen molar-refractivity contribution in [1.29, 1.82) is 0 Å². The van der Waals surface area contributed by atoms with Crippen molar-refractivity contribution in [3.63, 3.8) is 0 Å². The molecule has 0 saturated carbocycles. The highest BCUT2D eigenvalue weighted by Crippen LogP contribution is 2.28. The van der Waals surface area contributed by atoms with Crippen LogP contribution in [0, 0.1) is 5.92 Å². The van der Waals surface area contributed by atoms with E-state index in [1.807, 2.05) is 73.8 Å². The highest BCUT2D eigenvalue weighted by atomic mass is 32.1. The van der Waals surface area contributed by atoms with Gasteiger partial charge >= 0.3 is 0 Å². The summed E-state index contributed by atoms with van der Waals surface area (Å²) in [6, 6.07) is 19.1. The van der Waals surface area contributed by atoms with E-state index in [2.05, 4.69) is 30.6 Å². The van der Waals surface area contributed by atoms with Crippen molar-refractivity contribution < 1.29 is 19.2 Å². The SMILES string of the molecule is CC(=O)Nc1ccc(-c2csc(NC(=O)Cn3cnc4ncncc43)n2)cc1.CC1C=c2c(ccc3c2=CC(=O)c2ccccc2-3)C(C)C1=O. The molecule has 3 heterocycles. The van der Waals surface area contributed by atoms with Crippen LogP contribution >= 0.6 is 11.3 Å². The molecule has 2 unspecified atom stereocenters. The van der Waals surface area contributed by atoms with Crippen molar-refractivity contribution in [2.75, 3.05) is 10.6 Å². The maximum atomic E-state index is 12.4. The van der Waals surface area contributed by atoms with E-state index in [0.29, 0.717) is 16.3 Å². The molecule has 0 fully saturated rings. The molecule has 0 bridgehead atoms. The number of imidazole rings is 1. The zero-order valence-corrected chi connectivity index (χ0v) is 28.2. The largest absolute Gasteiger partial charge is 0.326 e. The Labute approximate surface area is 290 Å². The van der Waals surface area contributed by atoms with Crippen LogP contribution < -0.4 is 21.1 Å². The average molecular weight is 682 g/mol. The van der Waals surface area contributed by atoms with Crippen molar-refractivity contribution in [3.05, 3.63) is 106 Å². The van der Waals surface area contributed by atoms with Crippen molar-refractivity contribution >= 4 is 68.9 Å². The number of aromatic nitrogens is 5. The van der Waals surface area contributed by atoms with Crippen LogP contribution in [-0.2, 0) is 20.9 Å². The van der Waals surface area contributed by atoms with E-state index in [1.54, 1.807) is 35.3 Å². The molecule has 6 aromatic rings. The predicted octanol–water partition coefficient (Wildman–Crippen LogP) is 4.98. The topological polar surface area (TPSA) is 149 Å². The first-order valence-corrected chi connectivity index (χ1v) is 16.8. The van der Waals surface area contributed by atoms with E-state index in [9.17, 15) is 19.2 Å². The van der Waals surface area contributed by atoms with Crippen LogP contribution in [0.15, 0.2) is 84.9 Å². The highest BCUT2D eigenvalue weighted by molar-refractivity contribution is 7.14. The summed E-state index contributed by atoms with van der Waals surface area (Å²) in [4.78, 5) is 64.7. The quantitative estimate of drug-likeness (QED) is 0.259. The fraction of sp³-hybridized carbons (Fsp3) is 0.158. The number of anilines is 2. The van der Waals surface area contributed by atoms with E-state index < -0.39 is 0 Å². The normalized spacial score (nSPS) is 15.7. The number of amides is 2. The second kappa shape index (κ2) is 13.4. The fourth-order valence-corrected chi connectivity index (χ4v) is 7.00. The molecule has 0 radical (unpaired) electrons. The van der Waals surface area contributed by atoms with E-state index >= 15 is 0 Å². The van der Waals surface area contributed by atoms with Gasteiger partial charge < -0.3 is 15.2 Å².